The Hall–Kier alpha value is -1.59. The van der Waals surface area contributed by atoms with E-state index >= 15 is 0 Å². The summed E-state index contributed by atoms with van der Waals surface area (Å²) in [5.41, 5.74) is 1.21. The molecule has 68 valence electrons. The summed E-state index contributed by atoms with van der Waals surface area (Å²) in [5, 5.41) is 0. The van der Waals surface area contributed by atoms with Gasteiger partial charge in [0.15, 0.2) is 5.58 Å². The van der Waals surface area contributed by atoms with Crippen molar-refractivity contribution in [3.8, 4) is 0 Å². The highest BCUT2D eigenvalue weighted by Gasteiger charge is 2.06. The van der Waals surface area contributed by atoms with Gasteiger partial charge in [0.25, 0.3) is 0 Å². The maximum atomic E-state index is 11.2. The van der Waals surface area contributed by atoms with Crippen molar-refractivity contribution in [2.75, 3.05) is 0 Å². The lowest BCUT2D eigenvalue weighted by molar-refractivity contribution is 0.0760. The summed E-state index contributed by atoms with van der Waals surface area (Å²) in [7, 11) is 0. The molecule has 0 aliphatic rings. The van der Waals surface area contributed by atoms with E-state index in [1.54, 1.807) is 18.2 Å². The monoisotopic (exact) mass is 180 g/mol. The van der Waals surface area contributed by atoms with Crippen molar-refractivity contribution < 1.29 is 9.25 Å². The van der Waals surface area contributed by atoms with E-state index in [1.165, 1.54) is 4.57 Å². The molecule has 2 aromatic rings. The molecule has 5 heteroatoms. The van der Waals surface area contributed by atoms with E-state index in [-0.39, 0.29) is 6.73 Å². The largest absolute Gasteiger partial charge is 0.421 e. The third-order valence-electron chi connectivity index (χ3n) is 1.78. The van der Waals surface area contributed by atoms with Gasteiger partial charge in [-0.3, -0.25) is 4.84 Å². The minimum absolute atomic E-state index is 0.00412. The van der Waals surface area contributed by atoms with Crippen LogP contribution in [0.15, 0.2) is 33.5 Å². The number of para-hydroxylation sites is 2. The third kappa shape index (κ3) is 1.24. The van der Waals surface area contributed by atoms with E-state index < -0.39 is 5.76 Å². The number of fused-ring (bicyclic) bond motifs is 1. The van der Waals surface area contributed by atoms with Gasteiger partial charge in [-0.25, -0.2) is 15.3 Å². The van der Waals surface area contributed by atoms with Gasteiger partial charge in [-0.2, -0.15) is 0 Å². The molecule has 0 atom stereocenters. The van der Waals surface area contributed by atoms with Gasteiger partial charge >= 0.3 is 5.76 Å². The number of nitrogens with zero attached hydrogens (tertiary/aromatic N) is 1. The van der Waals surface area contributed by atoms with Crippen molar-refractivity contribution in [2.45, 2.75) is 6.73 Å². The van der Waals surface area contributed by atoms with Crippen molar-refractivity contribution in [1.29, 1.82) is 0 Å². The Morgan fingerprint density at radius 3 is 3.00 bits per heavy atom. The Morgan fingerprint density at radius 2 is 2.23 bits per heavy atom. The second-order valence-corrected chi connectivity index (χ2v) is 2.56. The molecule has 0 saturated carbocycles. The molecule has 0 amide bonds. The van der Waals surface area contributed by atoms with Gasteiger partial charge in [-0.1, -0.05) is 12.1 Å². The van der Waals surface area contributed by atoms with Crippen LogP contribution in [0.5, 0.6) is 0 Å². The van der Waals surface area contributed by atoms with Crippen LogP contribution in [-0.2, 0) is 11.6 Å². The molecule has 0 fully saturated rings. The molecule has 0 aliphatic carbocycles. The number of aromatic nitrogens is 1. The van der Waals surface area contributed by atoms with E-state index in [4.69, 9.17) is 10.3 Å². The first-order chi connectivity index (χ1) is 6.33. The quantitative estimate of drug-likeness (QED) is 0.681. The molecule has 2 N–H and O–H groups in total. The number of oxazole rings is 1. The fourth-order valence-electron chi connectivity index (χ4n) is 1.21. The smallest absolute Gasteiger partial charge is 0.408 e. The Labute approximate surface area is 73.3 Å². The minimum atomic E-state index is -0.466. The lowest BCUT2D eigenvalue weighted by atomic mass is 10.3. The number of rotatable bonds is 2. The molecule has 13 heavy (non-hydrogen) atoms. The summed E-state index contributed by atoms with van der Waals surface area (Å²) >= 11 is 0. The second-order valence-electron chi connectivity index (χ2n) is 2.56. The Morgan fingerprint density at radius 1 is 1.46 bits per heavy atom. The zero-order valence-corrected chi connectivity index (χ0v) is 6.77. The van der Waals surface area contributed by atoms with Crippen molar-refractivity contribution in [2.24, 2.45) is 5.90 Å². The van der Waals surface area contributed by atoms with Crippen molar-refractivity contribution in [1.82, 2.24) is 4.57 Å². The molecule has 0 radical (unpaired) electrons. The first-order valence-electron chi connectivity index (χ1n) is 3.73. The highest BCUT2D eigenvalue weighted by atomic mass is 16.6. The predicted molar refractivity (Wildman–Crippen MR) is 45.7 cm³/mol. The summed E-state index contributed by atoms with van der Waals surface area (Å²) in [6.07, 6.45) is 0. The van der Waals surface area contributed by atoms with E-state index in [9.17, 15) is 4.79 Å². The summed E-state index contributed by atoms with van der Waals surface area (Å²) in [4.78, 5) is 15.6. The predicted octanol–water partition coefficient (Wildman–Crippen LogP) is 0.442. The normalized spacial score (nSPS) is 10.8. The van der Waals surface area contributed by atoms with Gasteiger partial charge < -0.3 is 4.42 Å². The van der Waals surface area contributed by atoms with Gasteiger partial charge in [0, 0.05) is 0 Å². The Kier molecular flexibility index (Phi) is 1.88. The van der Waals surface area contributed by atoms with Gasteiger partial charge in [-0.05, 0) is 12.1 Å². The molecule has 2 rings (SSSR count). The SMILES string of the molecule is NOCn1c(=O)oc2ccccc21. The molecular weight excluding hydrogens is 172 g/mol. The van der Waals surface area contributed by atoms with Crippen LogP contribution in [0.2, 0.25) is 0 Å². The summed E-state index contributed by atoms with van der Waals surface area (Å²) in [6, 6.07) is 7.08. The maximum Gasteiger partial charge on any atom is 0.421 e. The number of benzene rings is 1. The molecule has 0 spiro atoms. The lowest BCUT2D eigenvalue weighted by Gasteiger charge is -1.96. The summed E-state index contributed by atoms with van der Waals surface area (Å²) < 4.78 is 6.24. The van der Waals surface area contributed by atoms with Crippen LogP contribution in [0, 0.1) is 0 Å². The van der Waals surface area contributed by atoms with Gasteiger partial charge in [0.1, 0.15) is 6.73 Å². The standard InChI is InChI=1S/C8H8N2O3/c9-12-5-10-6-3-1-2-4-7(6)13-8(10)11/h1-4H,5,9H2. The maximum absolute atomic E-state index is 11.2. The fraction of sp³-hybridized carbons (Fsp3) is 0.125. The van der Waals surface area contributed by atoms with Gasteiger partial charge in [-0.15, -0.1) is 0 Å². The van der Waals surface area contributed by atoms with Crippen LogP contribution >= 0.6 is 0 Å². The third-order valence-corrected chi connectivity index (χ3v) is 1.78. The molecular formula is C8H8N2O3. The van der Waals surface area contributed by atoms with E-state index in [2.05, 4.69) is 4.84 Å². The van der Waals surface area contributed by atoms with Crippen LogP contribution < -0.4 is 11.7 Å². The van der Waals surface area contributed by atoms with Crippen LogP contribution in [0.3, 0.4) is 0 Å². The molecule has 0 aliphatic heterocycles. The Balaban J connectivity index is 2.71. The number of hydrogen-bond donors (Lipinski definition) is 1. The van der Waals surface area contributed by atoms with Crippen molar-refractivity contribution in [3.05, 3.63) is 34.8 Å². The van der Waals surface area contributed by atoms with Crippen molar-refractivity contribution >= 4 is 11.1 Å². The van der Waals surface area contributed by atoms with Crippen molar-refractivity contribution in [3.63, 3.8) is 0 Å². The Bertz CT molecular complexity index is 471. The number of hydrogen-bond acceptors (Lipinski definition) is 4. The molecule has 0 bridgehead atoms. The molecule has 0 unspecified atom stereocenters. The fourth-order valence-corrected chi connectivity index (χ4v) is 1.21. The summed E-state index contributed by atoms with van der Waals surface area (Å²) in [5.74, 6) is 4.41. The van der Waals surface area contributed by atoms with E-state index in [1.807, 2.05) is 6.07 Å². The van der Waals surface area contributed by atoms with Crippen LogP contribution in [0.1, 0.15) is 0 Å². The highest BCUT2D eigenvalue weighted by Crippen LogP contribution is 2.10. The zero-order chi connectivity index (χ0) is 9.26. The van der Waals surface area contributed by atoms with E-state index in [0.29, 0.717) is 11.1 Å². The molecule has 1 aromatic heterocycles. The lowest BCUT2D eigenvalue weighted by Crippen LogP contribution is -2.17. The average molecular weight is 180 g/mol. The zero-order valence-electron chi connectivity index (χ0n) is 6.77. The first kappa shape index (κ1) is 8.03. The van der Waals surface area contributed by atoms with Gasteiger partial charge in [0.05, 0.1) is 5.52 Å². The number of nitrogens with two attached hydrogens (primary N) is 1. The van der Waals surface area contributed by atoms with Crippen LogP contribution in [0.4, 0.5) is 0 Å². The second kappa shape index (κ2) is 3.04. The van der Waals surface area contributed by atoms with E-state index in [0.717, 1.165) is 0 Å². The minimum Gasteiger partial charge on any atom is -0.408 e. The van der Waals surface area contributed by atoms with Crippen LogP contribution in [0.25, 0.3) is 11.1 Å². The average Bonchev–Trinajstić information content (AvgIpc) is 2.44. The molecule has 5 nitrogen and oxygen atoms in total. The van der Waals surface area contributed by atoms with Crippen LogP contribution in [-0.4, -0.2) is 4.57 Å². The topological polar surface area (TPSA) is 70.4 Å². The molecule has 1 heterocycles. The molecule has 1 aromatic carbocycles. The molecule has 0 saturated heterocycles. The first-order valence-corrected chi connectivity index (χ1v) is 3.73. The summed E-state index contributed by atoms with van der Waals surface area (Å²) in [6.45, 7) is -0.00412. The highest BCUT2D eigenvalue weighted by molar-refractivity contribution is 5.72. The van der Waals surface area contributed by atoms with Gasteiger partial charge in [0.2, 0.25) is 0 Å².